The molecule has 0 amide bonds. The molecule has 0 radical (unpaired) electrons. The fourth-order valence-electron chi connectivity index (χ4n) is 2.95. The highest BCUT2D eigenvalue weighted by Gasteiger charge is 2.44. The van der Waals surface area contributed by atoms with Gasteiger partial charge in [0.1, 0.15) is 5.75 Å². The van der Waals surface area contributed by atoms with Gasteiger partial charge in [-0.05, 0) is 28.5 Å². The number of hydrogen-bond donors (Lipinski definition) is 1. The first-order chi connectivity index (χ1) is 12.0. The summed E-state index contributed by atoms with van der Waals surface area (Å²) in [4.78, 5) is 2.14. The fraction of sp³-hybridized carbons (Fsp3) is 0.412. The lowest BCUT2D eigenvalue weighted by Gasteiger charge is -2.36. The smallest absolute Gasteiger partial charge is 0.428 e. The van der Waals surface area contributed by atoms with Crippen molar-refractivity contribution >= 4 is 23.7 Å². The first kappa shape index (κ1) is 21.0. The molecule has 144 valence electrons. The van der Waals surface area contributed by atoms with Crippen molar-refractivity contribution in [2.24, 2.45) is 0 Å². The van der Waals surface area contributed by atoms with Crippen molar-refractivity contribution in [2.75, 3.05) is 26.2 Å². The molecule has 9 heteroatoms. The Hall–Kier alpha value is -1.35. The maximum Gasteiger partial charge on any atom is 0.461 e. The normalized spacial score (nSPS) is 17.0. The van der Waals surface area contributed by atoms with Gasteiger partial charge in [0.2, 0.25) is 0 Å². The number of rotatable bonds is 6. The number of thiophene rings is 1. The molecule has 0 bridgehead atoms. The second-order valence-electron chi connectivity index (χ2n) is 5.75. The quantitative estimate of drug-likeness (QED) is 0.714. The van der Waals surface area contributed by atoms with Gasteiger partial charge < -0.3 is 10.1 Å². The summed E-state index contributed by atoms with van der Waals surface area (Å²) in [5, 5.41) is 7.09. The maximum atomic E-state index is 13.5. The third-order valence-corrected chi connectivity index (χ3v) is 4.79. The number of nitrogens with zero attached hydrogens (tertiary/aromatic N) is 1. The number of benzene rings is 1. The molecule has 3 rings (SSSR count). The van der Waals surface area contributed by atoms with Crippen molar-refractivity contribution in [3.63, 3.8) is 0 Å². The van der Waals surface area contributed by atoms with E-state index in [0.717, 1.165) is 31.7 Å². The summed E-state index contributed by atoms with van der Waals surface area (Å²) in [6.45, 7) is 2.99. The first-order valence-electron chi connectivity index (χ1n) is 7.90. The van der Waals surface area contributed by atoms with Gasteiger partial charge in [0.05, 0.1) is 6.04 Å². The zero-order chi connectivity index (χ0) is 17.9. The minimum Gasteiger partial charge on any atom is -0.428 e. The lowest BCUT2D eigenvalue weighted by molar-refractivity contribution is -0.253. The topological polar surface area (TPSA) is 24.5 Å². The van der Waals surface area contributed by atoms with E-state index in [1.165, 1.54) is 23.5 Å². The molecule has 1 atom stereocenters. The minimum atomic E-state index is -4.53. The van der Waals surface area contributed by atoms with Crippen LogP contribution in [0.15, 0.2) is 41.1 Å². The van der Waals surface area contributed by atoms with Crippen molar-refractivity contribution < 1.29 is 22.3 Å². The van der Waals surface area contributed by atoms with Crippen LogP contribution in [0.2, 0.25) is 0 Å². The van der Waals surface area contributed by atoms with Crippen LogP contribution in [-0.4, -0.2) is 43.6 Å². The highest BCUT2D eigenvalue weighted by Crippen LogP contribution is 2.38. The molecule has 26 heavy (non-hydrogen) atoms. The third-order valence-electron chi connectivity index (χ3n) is 4.09. The SMILES string of the molecule is Cl.FC(F)C(F)(F)Oc1ccccc1[C@@H](c1ccsc1)N1CCNCC1. The van der Waals surface area contributed by atoms with Crippen LogP contribution in [0.3, 0.4) is 0 Å². The van der Waals surface area contributed by atoms with Gasteiger partial charge in [-0.1, -0.05) is 18.2 Å². The lowest BCUT2D eigenvalue weighted by Crippen LogP contribution is -2.45. The maximum absolute atomic E-state index is 13.5. The number of nitrogens with one attached hydrogen (secondary N) is 1. The summed E-state index contributed by atoms with van der Waals surface area (Å²) in [6, 6.07) is 7.76. The van der Waals surface area contributed by atoms with E-state index in [0.29, 0.717) is 5.56 Å². The molecule has 0 unspecified atom stereocenters. The summed E-state index contributed by atoms with van der Waals surface area (Å²) < 4.78 is 56.5. The Morgan fingerprint density at radius 3 is 2.42 bits per heavy atom. The third kappa shape index (κ3) is 4.68. The average molecular weight is 411 g/mol. The van der Waals surface area contributed by atoms with Crippen LogP contribution in [0.5, 0.6) is 5.75 Å². The molecule has 1 aromatic heterocycles. The van der Waals surface area contributed by atoms with Crippen molar-refractivity contribution in [3.8, 4) is 5.75 Å². The number of alkyl halides is 4. The highest BCUT2D eigenvalue weighted by molar-refractivity contribution is 7.08. The Balaban J connectivity index is 0.00000243. The van der Waals surface area contributed by atoms with E-state index in [4.69, 9.17) is 0 Å². The summed E-state index contributed by atoms with van der Waals surface area (Å²) in [7, 11) is 0. The van der Waals surface area contributed by atoms with Crippen molar-refractivity contribution in [3.05, 3.63) is 52.2 Å². The summed E-state index contributed by atoms with van der Waals surface area (Å²) in [5.74, 6) is -0.220. The van der Waals surface area contributed by atoms with E-state index < -0.39 is 12.5 Å². The van der Waals surface area contributed by atoms with Crippen LogP contribution in [0.1, 0.15) is 17.2 Å². The van der Waals surface area contributed by atoms with Crippen LogP contribution in [0.25, 0.3) is 0 Å². The number of piperazine rings is 1. The molecule has 3 nitrogen and oxygen atoms in total. The van der Waals surface area contributed by atoms with Gasteiger partial charge in [0, 0.05) is 31.7 Å². The van der Waals surface area contributed by atoms with Crippen molar-refractivity contribution in [2.45, 2.75) is 18.6 Å². The van der Waals surface area contributed by atoms with E-state index >= 15 is 0 Å². The van der Waals surface area contributed by atoms with Crippen LogP contribution >= 0.6 is 23.7 Å². The van der Waals surface area contributed by atoms with Gasteiger partial charge in [-0.25, -0.2) is 0 Å². The minimum absolute atomic E-state index is 0. The Morgan fingerprint density at radius 2 is 1.81 bits per heavy atom. The fourth-order valence-corrected chi connectivity index (χ4v) is 3.63. The predicted octanol–water partition coefficient (Wildman–Crippen LogP) is 4.40. The molecule has 2 heterocycles. The zero-order valence-corrected chi connectivity index (χ0v) is 15.3. The molecular weight excluding hydrogens is 392 g/mol. The summed E-state index contributed by atoms with van der Waals surface area (Å²) in [6.07, 6.45) is -8.42. The van der Waals surface area contributed by atoms with Gasteiger partial charge in [-0.3, -0.25) is 4.90 Å². The van der Waals surface area contributed by atoms with Crippen molar-refractivity contribution in [1.29, 1.82) is 0 Å². The number of ether oxygens (including phenoxy) is 1. The summed E-state index contributed by atoms with van der Waals surface area (Å²) >= 11 is 1.50. The first-order valence-corrected chi connectivity index (χ1v) is 8.84. The Kier molecular flexibility index (Phi) is 7.28. The molecular formula is C17H19ClF4N2OS. The van der Waals surface area contributed by atoms with E-state index in [2.05, 4.69) is 15.0 Å². The summed E-state index contributed by atoms with van der Waals surface area (Å²) in [5.41, 5.74) is 1.39. The second-order valence-corrected chi connectivity index (χ2v) is 6.53. The van der Waals surface area contributed by atoms with Crippen LogP contribution in [0.4, 0.5) is 17.6 Å². The number of halogens is 5. The van der Waals surface area contributed by atoms with Crippen LogP contribution in [0, 0.1) is 0 Å². The molecule has 1 aliphatic heterocycles. The zero-order valence-electron chi connectivity index (χ0n) is 13.7. The molecule has 1 saturated heterocycles. The van der Waals surface area contributed by atoms with Gasteiger partial charge in [0.25, 0.3) is 0 Å². The number of hydrogen-bond acceptors (Lipinski definition) is 4. The molecule has 1 aromatic carbocycles. The van der Waals surface area contributed by atoms with Crippen LogP contribution in [-0.2, 0) is 0 Å². The molecule has 1 N–H and O–H groups in total. The Bertz CT molecular complexity index is 681. The molecule has 0 saturated carbocycles. The lowest BCUT2D eigenvalue weighted by atomic mass is 9.98. The Labute approximate surface area is 159 Å². The van der Waals surface area contributed by atoms with Crippen LogP contribution < -0.4 is 10.1 Å². The van der Waals surface area contributed by atoms with Gasteiger partial charge in [-0.15, -0.1) is 12.4 Å². The van der Waals surface area contributed by atoms with E-state index in [1.807, 2.05) is 16.8 Å². The van der Waals surface area contributed by atoms with Gasteiger partial charge in [0.15, 0.2) is 0 Å². The Morgan fingerprint density at radius 1 is 1.12 bits per heavy atom. The van der Waals surface area contributed by atoms with E-state index in [-0.39, 0.29) is 24.2 Å². The molecule has 1 aliphatic rings. The van der Waals surface area contributed by atoms with E-state index in [9.17, 15) is 17.6 Å². The predicted molar refractivity (Wildman–Crippen MR) is 95.9 cm³/mol. The molecule has 0 aliphatic carbocycles. The molecule has 0 spiro atoms. The highest BCUT2D eigenvalue weighted by atomic mass is 35.5. The largest absolute Gasteiger partial charge is 0.461 e. The number of para-hydroxylation sites is 1. The van der Waals surface area contributed by atoms with Crippen molar-refractivity contribution in [1.82, 2.24) is 10.2 Å². The van der Waals surface area contributed by atoms with E-state index in [1.54, 1.807) is 12.1 Å². The molecule has 1 fully saturated rings. The monoisotopic (exact) mass is 410 g/mol. The van der Waals surface area contributed by atoms with Gasteiger partial charge >= 0.3 is 12.5 Å². The van der Waals surface area contributed by atoms with Gasteiger partial charge in [-0.2, -0.15) is 28.9 Å². The second kappa shape index (κ2) is 9.03. The average Bonchev–Trinajstić information content (AvgIpc) is 3.11. The molecule has 2 aromatic rings. The standard InChI is InChI=1S/C17H18F4N2OS.ClH/c18-16(19)17(20,21)24-14-4-2-1-3-13(14)15(12-5-10-25-11-12)23-8-6-22-7-9-23;/h1-5,10-11,15-16,22H,6-9H2;1H/t15-;/m1./s1.